The normalized spacial score (nSPS) is 20.7. The summed E-state index contributed by atoms with van der Waals surface area (Å²) >= 11 is 0. The molecule has 1 unspecified atom stereocenters. The molecule has 1 aliphatic rings. The fourth-order valence-electron chi connectivity index (χ4n) is 2.63. The Bertz CT molecular complexity index is 804. The highest BCUT2D eigenvalue weighted by Crippen LogP contribution is 2.56. The van der Waals surface area contributed by atoms with Gasteiger partial charge in [0, 0.05) is 30.2 Å². The second kappa shape index (κ2) is 5.83. The standard InChI is InChI=1S/C14H9F9N2O2/c1-10(6-24-9-4-7(25(26)27)2-3-8(9)10)5-11(15,16)12(17,18)13(19,20)14(21,22)23/h2-4,6H,5H2,1H3. The number of nitrogens with zero attached hydrogens (tertiary/aromatic N) is 2. The van der Waals surface area contributed by atoms with Crippen molar-refractivity contribution in [2.75, 3.05) is 0 Å². The summed E-state index contributed by atoms with van der Waals surface area (Å²) < 4.78 is 117. The van der Waals surface area contributed by atoms with E-state index in [1.54, 1.807) is 0 Å². The van der Waals surface area contributed by atoms with Gasteiger partial charge in [-0.25, -0.2) is 0 Å². The molecule has 1 atom stereocenters. The minimum atomic E-state index is -6.98. The largest absolute Gasteiger partial charge is 0.460 e. The maximum Gasteiger partial charge on any atom is 0.460 e. The van der Waals surface area contributed by atoms with Crippen molar-refractivity contribution in [2.45, 2.75) is 42.7 Å². The number of fused-ring (bicyclic) bond motifs is 1. The minimum Gasteiger partial charge on any atom is -0.260 e. The van der Waals surface area contributed by atoms with Crippen LogP contribution in [0, 0.1) is 10.1 Å². The third-order valence-electron chi connectivity index (χ3n) is 4.09. The Morgan fingerprint density at radius 2 is 1.59 bits per heavy atom. The van der Waals surface area contributed by atoms with Crippen LogP contribution in [0.25, 0.3) is 0 Å². The number of hydrogen-bond acceptors (Lipinski definition) is 3. The van der Waals surface area contributed by atoms with Crippen molar-refractivity contribution in [3.05, 3.63) is 33.9 Å². The fourth-order valence-corrected chi connectivity index (χ4v) is 2.63. The first kappa shape index (κ1) is 21.0. The molecule has 0 aliphatic carbocycles. The summed E-state index contributed by atoms with van der Waals surface area (Å²) in [5.41, 5.74) is -3.16. The van der Waals surface area contributed by atoms with E-state index in [9.17, 15) is 49.6 Å². The highest BCUT2D eigenvalue weighted by atomic mass is 19.4. The van der Waals surface area contributed by atoms with E-state index in [1.165, 1.54) is 0 Å². The topological polar surface area (TPSA) is 55.5 Å². The summed E-state index contributed by atoms with van der Waals surface area (Å²) in [6.07, 6.45) is -8.38. The second-order valence-corrected chi connectivity index (χ2v) is 6.16. The van der Waals surface area contributed by atoms with Crippen LogP contribution in [-0.4, -0.2) is 35.1 Å². The van der Waals surface area contributed by atoms with E-state index in [0.29, 0.717) is 6.21 Å². The van der Waals surface area contributed by atoms with Gasteiger partial charge in [0.25, 0.3) is 5.69 Å². The summed E-state index contributed by atoms with van der Waals surface area (Å²) in [7, 11) is 0. The number of nitro groups is 1. The number of halogens is 9. The maximum atomic E-state index is 13.9. The highest BCUT2D eigenvalue weighted by Gasteiger charge is 2.81. The predicted octanol–water partition coefficient (Wildman–Crippen LogP) is 5.43. The Labute approximate surface area is 144 Å². The zero-order valence-electron chi connectivity index (χ0n) is 13.1. The quantitative estimate of drug-likeness (QED) is 0.371. The van der Waals surface area contributed by atoms with Gasteiger partial charge in [-0.3, -0.25) is 15.1 Å². The summed E-state index contributed by atoms with van der Waals surface area (Å²) in [5, 5.41) is 10.7. The average molecular weight is 408 g/mol. The van der Waals surface area contributed by atoms with E-state index in [-0.39, 0.29) is 11.3 Å². The molecular formula is C14H9F9N2O2. The Kier molecular flexibility index (Phi) is 4.52. The molecule has 1 aliphatic heterocycles. The summed E-state index contributed by atoms with van der Waals surface area (Å²) in [5.74, 6) is -19.5. The van der Waals surface area contributed by atoms with Crippen LogP contribution < -0.4 is 0 Å². The molecule has 2 rings (SSSR count). The fraction of sp³-hybridized carbons (Fsp3) is 0.500. The van der Waals surface area contributed by atoms with Crippen LogP contribution >= 0.6 is 0 Å². The van der Waals surface area contributed by atoms with Gasteiger partial charge in [-0.05, 0) is 11.6 Å². The first-order chi connectivity index (χ1) is 12.0. The van der Waals surface area contributed by atoms with Crippen molar-refractivity contribution in [2.24, 2.45) is 4.99 Å². The summed E-state index contributed by atoms with van der Waals surface area (Å²) in [6.45, 7) is 0.865. The van der Waals surface area contributed by atoms with E-state index in [1.807, 2.05) is 0 Å². The van der Waals surface area contributed by atoms with Crippen molar-refractivity contribution < 1.29 is 44.4 Å². The molecule has 0 aromatic heterocycles. The van der Waals surface area contributed by atoms with Gasteiger partial charge in [-0.2, -0.15) is 39.5 Å². The van der Waals surface area contributed by atoms with Gasteiger partial charge < -0.3 is 0 Å². The highest BCUT2D eigenvalue weighted by molar-refractivity contribution is 5.85. The molecule has 0 saturated carbocycles. The van der Waals surface area contributed by atoms with Crippen molar-refractivity contribution in [3.63, 3.8) is 0 Å². The van der Waals surface area contributed by atoms with Crippen LogP contribution in [0.3, 0.4) is 0 Å². The number of benzene rings is 1. The zero-order valence-corrected chi connectivity index (χ0v) is 13.1. The molecule has 0 fully saturated rings. The molecule has 13 heteroatoms. The summed E-state index contributed by atoms with van der Waals surface area (Å²) in [4.78, 5) is 13.4. The van der Waals surface area contributed by atoms with E-state index in [2.05, 4.69) is 4.99 Å². The van der Waals surface area contributed by atoms with Crippen molar-refractivity contribution in [1.82, 2.24) is 0 Å². The van der Waals surface area contributed by atoms with Crippen LogP contribution in [0.15, 0.2) is 23.2 Å². The number of rotatable bonds is 5. The van der Waals surface area contributed by atoms with Crippen molar-refractivity contribution >= 4 is 17.6 Å². The van der Waals surface area contributed by atoms with E-state index >= 15 is 0 Å². The Morgan fingerprint density at radius 3 is 2.07 bits per heavy atom. The molecule has 0 amide bonds. The lowest BCUT2D eigenvalue weighted by Crippen LogP contribution is -2.62. The lowest BCUT2D eigenvalue weighted by atomic mass is 9.77. The van der Waals surface area contributed by atoms with Crippen LogP contribution in [-0.2, 0) is 5.41 Å². The van der Waals surface area contributed by atoms with Gasteiger partial charge >= 0.3 is 23.9 Å². The predicted molar refractivity (Wildman–Crippen MR) is 74.1 cm³/mol. The second-order valence-electron chi connectivity index (χ2n) is 6.16. The number of hydrogen-bond donors (Lipinski definition) is 0. The monoisotopic (exact) mass is 408 g/mol. The van der Waals surface area contributed by atoms with Crippen LogP contribution in [0.5, 0.6) is 0 Å². The van der Waals surface area contributed by atoms with Gasteiger partial charge in [0.1, 0.15) is 0 Å². The zero-order chi connectivity index (χ0) is 21.1. The van der Waals surface area contributed by atoms with E-state index in [4.69, 9.17) is 0 Å². The molecule has 4 nitrogen and oxygen atoms in total. The molecule has 1 heterocycles. The van der Waals surface area contributed by atoms with E-state index in [0.717, 1.165) is 25.1 Å². The minimum absolute atomic E-state index is 0.251. The first-order valence-corrected chi connectivity index (χ1v) is 7.01. The SMILES string of the molecule is CC1(CC(F)(F)C(F)(F)C(F)(F)C(F)(F)F)C=Nc2cc([N+](=O)[O-])ccc21. The lowest BCUT2D eigenvalue weighted by molar-refractivity contribution is -0.397. The van der Waals surface area contributed by atoms with Crippen LogP contribution in [0.4, 0.5) is 50.9 Å². The molecule has 0 saturated heterocycles. The van der Waals surface area contributed by atoms with Gasteiger partial charge in [-0.15, -0.1) is 0 Å². The molecule has 0 N–H and O–H groups in total. The van der Waals surface area contributed by atoms with Gasteiger partial charge in [0.2, 0.25) is 0 Å². The molecule has 0 bridgehead atoms. The third-order valence-corrected chi connectivity index (χ3v) is 4.09. The first-order valence-electron chi connectivity index (χ1n) is 7.01. The molecule has 150 valence electrons. The van der Waals surface area contributed by atoms with E-state index < -0.39 is 46.4 Å². The Hall–Kier alpha value is -2.34. The van der Waals surface area contributed by atoms with Gasteiger partial charge in [0.15, 0.2) is 0 Å². The number of nitro benzene ring substituents is 1. The average Bonchev–Trinajstić information content (AvgIpc) is 2.81. The van der Waals surface area contributed by atoms with Gasteiger partial charge in [0.05, 0.1) is 10.6 Å². The lowest BCUT2D eigenvalue weighted by Gasteiger charge is -2.37. The molecule has 1 aromatic carbocycles. The third kappa shape index (κ3) is 3.12. The molecule has 1 aromatic rings. The van der Waals surface area contributed by atoms with Crippen LogP contribution in [0.1, 0.15) is 18.9 Å². The summed E-state index contributed by atoms with van der Waals surface area (Å²) in [6, 6.07) is 2.57. The Balaban J connectivity index is 2.42. The molecular weight excluding hydrogens is 399 g/mol. The number of aliphatic imine (C=N–C) groups is 1. The van der Waals surface area contributed by atoms with Gasteiger partial charge in [-0.1, -0.05) is 6.92 Å². The molecule has 0 radical (unpaired) electrons. The number of non-ortho nitro benzene ring substituents is 1. The molecule has 27 heavy (non-hydrogen) atoms. The van der Waals surface area contributed by atoms with Crippen molar-refractivity contribution in [3.8, 4) is 0 Å². The Morgan fingerprint density at radius 1 is 1.04 bits per heavy atom. The maximum absolute atomic E-state index is 13.9. The smallest absolute Gasteiger partial charge is 0.260 e. The van der Waals surface area contributed by atoms with Crippen LogP contribution in [0.2, 0.25) is 0 Å². The number of alkyl halides is 9. The van der Waals surface area contributed by atoms with Crippen molar-refractivity contribution in [1.29, 1.82) is 0 Å². The molecule has 0 spiro atoms.